The Balaban J connectivity index is 1.58. The van der Waals surface area contributed by atoms with Crippen LogP contribution < -0.4 is 10.9 Å². The number of pyridine rings is 1. The average Bonchev–Trinajstić information content (AvgIpc) is 3.17. The normalized spacial score (nSPS) is 11.0. The van der Waals surface area contributed by atoms with Crippen molar-refractivity contribution in [3.05, 3.63) is 88.2 Å². The van der Waals surface area contributed by atoms with Gasteiger partial charge in [-0.3, -0.25) is 9.59 Å². The van der Waals surface area contributed by atoms with Gasteiger partial charge >= 0.3 is 0 Å². The van der Waals surface area contributed by atoms with Gasteiger partial charge in [-0.25, -0.2) is 4.98 Å². The van der Waals surface area contributed by atoms with Crippen LogP contribution in [0.25, 0.3) is 16.6 Å². The van der Waals surface area contributed by atoms with Crippen LogP contribution in [-0.4, -0.2) is 25.1 Å². The second-order valence-corrected chi connectivity index (χ2v) is 6.80. The first-order valence-electron chi connectivity index (χ1n) is 9.15. The molecule has 0 bridgehead atoms. The molecule has 2 heterocycles. The lowest BCUT2D eigenvalue weighted by atomic mass is 10.1. The fraction of sp³-hybridized carbons (Fsp3) is 0.136. The molecular weight excluding hydrogens is 368 g/mol. The SMILES string of the molecule is Cc1nccn1-c1ccc(CNC(=O)c2c(O)c(=O)n(C)c3ccccc23)cc1. The highest BCUT2D eigenvalue weighted by atomic mass is 16.3. The van der Waals surface area contributed by atoms with Gasteiger partial charge in [-0.15, -0.1) is 0 Å². The van der Waals surface area contributed by atoms with E-state index in [4.69, 9.17) is 0 Å². The number of fused-ring (bicyclic) bond motifs is 1. The first-order chi connectivity index (χ1) is 14.0. The predicted molar refractivity (Wildman–Crippen MR) is 110 cm³/mol. The van der Waals surface area contributed by atoms with Crippen molar-refractivity contribution >= 4 is 16.8 Å². The lowest BCUT2D eigenvalue weighted by molar-refractivity contribution is 0.0949. The molecule has 0 unspecified atom stereocenters. The van der Waals surface area contributed by atoms with Crippen molar-refractivity contribution in [3.8, 4) is 11.4 Å². The number of carbonyl (C=O) groups is 1. The van der Waals surface area contributed by atoms with E-state index in [0.717, 1.165) is 17.1 Å². The van der Waals surface area contributed by atoms with Gasteiger partial charge in [-0.2, -0.15) is 0 Å². The highest BCUT2D eigenvalue weighted by Crippen LogP contribution is 2.23. The Labute approximate surface area is 166 Å². The Bertz CT molecular complexity index is 1270. The summed E-state index contributed by atoms with van der Waals surface area (Å²) in [5, 5.41) is 13.6. The number of nitrogens with one attached hydrogen (secondary N) is 1. The molecule has 4 aromatic rings. The number of nitrogens with zero attached hydrogens (tertiary/aromatic N) is 3. The molecule has 4 rings (SSSR count). The summed E-state index contributed by atoms with van der Waals surface area (Å²) in [6.45, 7) is 2.19. The molecule has 0 aliphatic heterocycles. The monoisotopic (exact) mass is 388 g/mol. The molecule has 7 nitrogen and oxygen atoms in total. The van der Waals surface area contributed by atoms with Crippen LogP contribution >= 0.6 is 0 Å². The summed E-state index contributed by atoms with van der Waals surface area (Å²) in [7, 11) is 1.57. The molecule has 2 N–H and O–H groups in total. The lowest BCUT2D eigenvalue weighted by Gasteiger charge is -2.13. The van der Waals surface area contributed by atoms with E-state index in [1.165, 1.54) is 4.57 Å². The summed E-state index contributed by atoms with van der Waals surface area (Å²) in [5.41, 5.74) is 1.85. The van der Waals surface area contributed by atoms with Gasteiger partial charge in [0.2, 0.25) is 0 Å². The van der Waals surface area contributed by atoms with Crippen LogP contribution in [0.3, 0.4) is 0 Å². The van der Waals surface area contributed by atoms with Crippen molar-refractivity contribution in [2.24, 2.45) is 7.05 Å². The van der Waals surface area contributed by atoms with Crippen LogP contribution in [-0.2, 0) is 13.6 Å². The van der Waals surface area contributed by atoms with Gasteiger partial charge in [0.25, 0.3) is 11.5 Å². The molecule has 0 fully saturated rings. The zero-order chi connectivity index (χ0) is 20.5. The molecule has 2 aromatic heterocycles. The summed E-state index contributed by atoms with van der Waals surface area (Å²) in [4.78, 5) is 29.3. The number of para-hydroxylation sites is 1. The predicted octanol–water partition coefficient (Wildman–Crippen LogP) is 2.67. The Morgan fingerprint density at radius 1 is 1.14 bits per heavy atom. The van der Waals surface area contributed by atoms with E-state index in [2.05, 4.69) is 10.3 Å². The van der Waals surface area contributed by atoms with Crippen LogP contribution in [0.15, 0.2) is 65.7 Å². The first kappa shape index (κ1) is 18.5. The number of hydrogen-bond donors (Lipinski definition) is 2. The second kappa shape index (κ2) is 7.27. The molecule has 0 aliphatic rings. The summed E-state index contributed by atoms with van der Waals surface area (Å²) in [6.07, 6.45) is 3.63. The molecule has 0 aliphatic carbocycles. The van der Waals surface area contributed by atoms with Crippen molar-refractivity contribution in [3.63, 3.8) is 0 Å². The van der Waals surface area contributed by atoms with Gasteiger partial charge in [0.05, 0.1) is 11.1 Å². The van der Waals surface area contributed by atoms with Crippen LogP contribution in [0.4, 0.5) is 0 Å². The largest absolute Gasteiger partial charge is 0.502 e. The molecular formula is C22H20N4O3. The van der Waals surface area contributed by atoms with E-state index in [1.54, 1.807) is 37.5 Å². The third kappa shape index (κ3) is 3.27. The van der Waals surface area contributed by atoms with E-state index >= 15 is 0 Å². The van der Waals surface area contributed by atoms with Crippen molar-refractivity contribution in [2.45, 2.75) is 13.5 Å². The summed E-state index contributed by atoms with van der Waals surface area (Å²) in [5.74, 6) is -0.153. The number of aromatic nitrogens is 3. The number of carbonyl (C=O) groups excluding carboxylic acids is 1. The van der Waals surface area contributed by atoms with Crippen molar-refractivity contribution in [2.75, 3.05) is 0 Å². The van der Waals surface area contributed by atoms with Crippen LogP contribution in [0.2, 0.25) is 0 Å². The lowest BCUT2D eigenvalue weighted by Crippen LogP contribution is -2.27. The van der Waals surface area contributed by atoms with Gasteiger partial charge in [0.1, 0.15) is 5.82 Å². The number of aromatic hydroxyl groups is 1. The van der Waals surface area contributed by atoms with E-state index in [1.807, 2.05) is 42.0 Å². The fourth-order valence-electron chi connectivity index (χ4n) is 3.41. The molecule has 1 amide bonds. The third-order valence-electron chi connectivity index (χ3n) is 5.00. The Kier molecular flexibility index (Phi) is 4.64. The zero-order valence-corrected chi connectivity index (χ0v) is 16.1. The standard InChI is InChI=1S/C22H20N4O3/c1-14-23-11-12-26(14)16-9-7-15(8-10-16)13-24-21(28)19-17-5-3-4-6-18(17)25(2)22(29)20(19)27/h3-12,27H,13H2,1-2H3,(H,24,28). The zero-order valence-electron chi connectivity index (χ0n) is 16.1. The summed E-state index contributed by atoms with van der Waals surface area (Å²) < 4.78 is 3.30. The van der Waals surface area contributed by atoms with Crippen molar-refractivity contribution in [1.29, 1.82) is 0 Å². The third-order valence-corrected chi connectivity index (χ3v) is 5.00. The minimum atomic E-state index is -0.603. The van der Waals surface area contributed by atoms with E-state index in [0.29, 0.717) is 10.9 Å². The maximum absolute atomic E-state index is 12.8. The average molecular weight is 388 g/mol. The highest BCUT2D eigenvalue weighted by molar-refractivity contribution is 6.08. The number of aryl methyl sites for hydroxylation is 2. The number of benzene rings is 2. The number of imidazole rings is 1. The second-order valence-electron chi connectivity index (χ2n) is 6.80. The summed E-state index contributed by atoms with van der Waals surface area (Å²) >= 11 is 0. The molecule has 0 saturated carbocycles. The van der Waals surface area contributed by atoms with E-state index in [-0.39, 0.29) is 12.1 Å². The molecule has 29 heavy (non-hydrogen) atoms. The maximum atomic E-state index is 12.8. The number of amides is 1. The van der Waals surface area contributed by atoms with Gasteiger partial charge < -0.3 is 19.6 Å². The van der Waals surface area contributed by atoms with Gasteiger partial charge in [0, 0.05) is 37.1 Å². The molecule has 0 radical (unpaired) electrons. The molecule has 7 heteroatoms. The van der Waals surface area contributed by atoms with Crippen molar-refractivity contribution in [1.82, 2.24) is 19.4 Å². The van der Waals surface area contributed by atoms with Gasteiger partial charge in [0.15, 0.2) is 5.75 Å². The molecule has 0 atom stereocenters. The van der Waals surface area contributed by atoms with E-state index in [9.17, 15) is 14.7 Å². The van der Waals surface area contributed by atoms with Crippen LogP contribution in [0, 0.1) is 6.92 Å². The minimum absolute atomic E-state index is 0.00522. The summed E-state index contributed by atoms with van der Waals surface area (Å²) in [6, 6.07) is 14.7. The molecule has 0 saturated heterocycles. The minimum Gasteiger partial charge on any atom is -0.502 e. The number of rotatable bonds is 4. The fourth-order valence-corrected chi connectivity index (χ4v) is 3.41. The van der Waals surface area contributed by atoms with E-state index < -0.39 is 17.2 Å². The smallest absolute Gasteiger partial charge is 0.293 e. The van der Waals surface area contributed by atoms with Gasteiger partial charge in [-0.1, -0.05) is 30.3 Å². The highest BCUT2D eigenvalue weighted by Gasteiger charge is 2.20. The molecule has 0 spiro atoms. The first-order valence-corrected chi connectivity index (χ1v) is 9.15. The van der Waals surface area contributed by atoms with Gasteiger partial charge in [-0.05, 0) is 30.7 Å². The molecule has 2 aromatic carbocycles. The van der Waals surface area contributed by atoms with Crippen LogP contribution in [0.5, 0.6) is 5.75 Å². The Hall–Kier alpha value is -3.87. The van der Waals surface area contributed by atoms with Crippen molar-refractivity contribution < 1.29 is 9.90 Å². The van der Waals surface area contributed by atoms with Crippen LogP contribution in [0.1, 0.15) is 21.7 Å². The Morgan fingerprint density at radius 3 is 2.55 bits per heavy atom. The quantitative estimate of drug-likeness (QED) is 0.563. The maximum Gasteiger partial charge on any atom is 0.293 e. The number of hydrogen-bond acceptors (Lipinski definition) is 4. The topological polar surface area (TPSA) is 89.2 Å². The molecule has 146 valence electrons. The Morgan fingerprint density at radius 2 is 1.86 bits per heavy atom.